The van der Waals surface area contributed by atoms with E-state index in [9.17, 15) is 8.42 Å². The summed E-state index contributed by atoms with van der Waals surface area (Å²) in [6.45, 7) is 3.21. The highest BCUT2D eigenvalue weighted by Gasteiger charge is 2.22. The average molecular weight is 269 g/mol. The minimum Gasteiger partial charge on any atom is -0.354 e. The Kier molecular flexibility index (Phi) is 4.16. The molecule has 0 atom stereocenters. The van der Waals surface area contributed by atoms with Crippen LogP contribution in [-0.2, 0) is 16.3 Å². The number of hydrogen-bond acceptors (Lipinski definition) is 5. The summed E-state index contributed by atoms with van der Waals surface area (Å²) < 4.78 is 22.8. The Morgan fingerprint density at radius 3 is 2.72 bits per heavy atom. The quantitative estimate of drug-likeness (QED) is 0.817. The molecule has 2 heterocycles. The molecule has 100 valence electrons. The van der Waals surface area contributed by atoms with Crippen molar-refractivity contribution in [2.24, 2.45) is 0 Å². The molecule has 1 aliphatic rings. The first-order chi connectivity index (χ1) is 8.61. The van der Waals surface area contributed by atoms with E-state index < -0.39 is 9.84 Å². The van der Waals surface area contributed by atoms with Crippen LogP contribution < -0.4 is 4.90 Å². The van der Waals surface area contributed by atoms with Gasteiger partial charge in [-0.15, -0.1) is 0 Å². The second-order valence-corrected chi connectivity index (χ2v) is 6.88. The molecule has 6 heteroatoms. The fraction of sp³-hybridized carbons (Fsp3) is 0.667. The van der Waals surface area contributed by atoms with Crippen LogP contribution in [0.2, 0.25) is 0 Å². The second-order valence-electron chi connectivity index (χ2n) is 4.57. The Bertz CT molecular complexity index is 488. The van der Waals surface area contributed by atoms with Crippen LogP contribution in [0.5, 0.6) is 0 Å². The van der Waals surface area contributed by atoms with Gasteiger partial charge in [0.15, 0.2) is 9.84 Å². The molecule has 5 nitrogen and oxygen atoms in total. The number of sulfone groups is 1. The molecule has 0 bridgehead atoms. The largest absolute Gasteiger partial charge is 0.354 e. The smallest absolute Gasteiger partial charge is 0.153 e. The average Bonchev–Trinajstić information content (AvgIpc) is 2.37. The Hall–Kier alpha value is -1.17. The fourth-order valence-corrected chi connectivity index (χ4v) is 3.16. The molecule has 1 fully saturated rings. The maximum Gasteiger partial charge on any atom is 0.153 e. The van der Waals surface area contributed by atoms with Gasteiger partial charge in [0.2, 0.25) is 0 Å². The van der Waals surface area contributed by atoms with E-state index in [-0.39, 0.29) is 11.5 Å². The number of aryl methyl sites for hydroxylation is 1. The lowest BCUT2D eigenvalue weighted by atomic mass is 10.2. The molecule has 1 saturated heterocycles. The molecule has 1 aromatic heterocycles. The molecule has 0 spiro atoms. The maximum atomic E-state index is 11.4. The van der Waals surface area contributed by atoms with Gasteiger partial charge >= 0.3 is 0 Å². The van der Waals surface area contributed by atoms with E-state index in [1.165, 1.54) is 0 Å². The van der Waals surface area contributed by atoms with E-state index in [1.54, 1.807) is 6.20 Å². The molecule has 2 rings (SSSR count). The highest BCUT2D eigenvalue weighted by molar-refractivity contribution is 7.91. The Morgan fingerprint density at radius 1 is 1.33 bits per heavy atom. The van der Waals surface area contributed by atoms with Gasteiger partial charge in [0.25, 0.3) is 0 Å². The number of aromatic nitrogens is 2. The standard InChI is InChI=1S/C12H19N3O2S/c1-2-3-4-11-13-6-5-12(14-11)15-7-9-18(16,17)10-8-15/h5-6H,2-4,7-10H2,1H3. The van der Waals surface area contributed by atoms with Crippen molar-refractivity contribution in [1.82, 2.24) is 9.97 Å². The Morgan fingerprint density at radius 2 is 2.06 bits per heavy atom. The lowest BCUT2D eigenvalue weighted by Crippen LogP contribution is -2.40. The lowest BCUT2D eigenvalue weighted by molar-refractivity contribution is 0.586. The monoisotopic (exact) mass is 269 g/mol. The van der Waals surface area contributed by atoms with Crippen LogP contribution in [-0.4, -0.2) is 43.0 Å². The first-order valence-corrected chi connectivity index (χ1v) is 8.20. The molecule has 0 amide bonds. The van der Waals surface area contributed by atoms with E-state index >= 15 is 0 Å². The normalized spacial score (nSPS) is 18.8. The van der Waals surface area contributed by atoms with Gasteiger partial charge in [-0.05, 0) is 12.5 Å². The first-order valence-electron chi connectivity index (χ1n) is 6.38. The van der Waals surface area contributed by atoms with Crippen LogP contribution in [0.15, 0.2) is 12.3 Å². The highest BCUT2D eigenvalue weighted by atomic mass is 32.2. The number of nitrogens with zero attached hydrogens (tertiary/aromatic N) is 3. The van der Waals surface area contributed by atoms with Crippen molar-refractivity contribution in [3.8, 4) is 0 Å². The van der Waals surface area contributed by atoms with Crippen molar-refractivity contribution in [3.63, 3.8) is 0 Å². The molecule has 0 N–H and O–H groups in total. The van der Waals surface area contributed by atoms with Crippen molar-refractivity contribution in [2.75, 3.05) is 29.5 Å². The van der Waals surface area contributed by atoms with Gasteiger partial charge < -0.3 is 4.90 Å². The topological polar surface area (TPSA) is 63.2 Å². The maximum absolute atomic E-state index is 11.4. The number of rotatable bonds is 4. The molecule has 0 radical (unpaired) electrons. The molecule has 1 aromatic rings. The molecule has 0 aliphatic carbocycles. The third-order valence-electron chi connectivity index (χ3n) is 3.11. The molecule has 1 aliphatic heterocycles. The van der Waals surface area contributed by atoms with E-state index in [2.05, 4.69) is 16.9 Å². The molecular formula is C12H19N3O2S. The summed E-state index contributed by atoms with van der Waals surface area (Å²) in [5.41, 5.74) is 0. The molecule has 0 aromatic carbocycles. The second kappa shape index (κ2) is 5.65. The third-order valence-corrected chi connectivity index (χ3v) is 4.72. The predicted octanol–water partition coefficient (Wildman–Crippen LogP) is 1.05. The summed E-state index contributed by atoms with van der Waals surface area (Å²) in [5, 5.41) is 0. The summed E-state index contributed by atoms with van der Waals surface area (Å²) >= 11 is 0. The SMILES string of the molecule is CCCCc1nccc(N2CCS(=O)(=O)CC2)n1. The Balaban J connectivity index is 2.05. The minimum atomic E-state index is -2.83. The molecule has 18 heavy (non-hydrogen) atoms. The van der Waals surface area contributed by atoms with E-state index in [0.29, 0.717) is 13.1 Å². The van der Waals surface area contributed by atoms with E-state index in [4.69, 9.17) is 0 Å². The molecule has 0 unspecified atom stereocenters. The van der Waals surface area contributed by atoms with Crippen LogP contribution in [0.25, 0.3) is 0 Å². The van der Waals surface area contributed by atoms with Gasteiger partial charge in [0.05, 0.1) is 11.5 Å². The van der Waals surface area contributed by atoms with Crippen LogP contribution in [0, 0.1) is 0 Å². The minimum absolute atomic E-state index is 0.224. The van der Waals surface area contributed by atoms with Crippen LogP contribution in [0.4, 0.5) is 5.82 Å². The third kappa shape index (κ3) is 3.41. The summed E-state index contributed by atoms with van der Waals surface area (Å²) in [6, 6.07) is 1.85. The van der Waals surface area contributed by atoms with Gasteiger partial charge in [-0.2, -0.15) is 0 Å². The fourth-order valence-electron chi connectivity index (χ4n) is 1.96. The molecular weight excluding hydrogens is 250 g/mol. The number of hydrogen-bond donors (Lipinski definition) is 0. The van der Waals surface area contributed by atoms with Gasteiger partial charge in [0, 0.05) is 25.7 Å². The van der Waals surface area contributed by atoms with E-state index in [0.717, 1.165) is 30.9 Å². The zero-order valence-corrected chi connectivity index (χ0v) is 11.5. The highest BCUT2D eigenvalue weighted by Crippen LogP contribution is 2.14. The number of anilines is 1. The zero-order valence-electron chi connectivity index (χ0n) is 10.7. The van der Waals surface area contributed by atoms with Crippen molar-refractivity contribution in [1.29, 1.82) is 0 Å². The predicted molar refractivity (Wildman–Crippen MR) is 71.5 cm³/mol. The van der Waals surface area contributed by atoms with Crippen molar-refractivity contribution in [2.45, 2.75) is 26.2 Å². The van der Waals surface area contributed by atoms with Gasteiger partial charge in [0.1, 0.15) is 11.6 Å². The summed E-state index contributed by atoms with van der Waals surface area (Å²) in [6.07, 6.45) is 4.85. The summed E-state index contributed by atoms with van der Waals surface area (Å²) in [4.78, 5) is 10.8. The summed E-state index contributed by atoms with van der Waals surface area (Å²) in [5.74, 6) is 2.15. The lowest BCUT2D eigenvalue weighted by Gasteiger charge is -2.27. The number of unbranched alkanes of at least 4 members (excludes halogenated alkanes) is 1. The Labute approximate surface area is 108 Å². The molecule has 0 saturated carbocycles. The van der Waals surface area contributed by atoms with Gasteiger partial charge in [-0.1, -0.05) is 13.3 Å². The first kappa shape index (κ1) is 13.3. The van der Waals surface area contributed by atoms with Gasteiger partial charge in [-0.25, -0.2) is 18.4 Å². The van der Waals surface area contributed by atoms with Crippen molar-refractivity contribution in [3.05, 3.63) is 18.1 Å². The zero-order chi connectivity index (χ0) is 13.0. The van der Waals surface area contributed by atoms with E-state index in [1.807, 2.05) is 11.0 Å². The van der Waals surface area contributed by atoms with Crippen LogP contribution >= 0.6 is 0 Å². The van der Waals surface area contributed by atoms with Crippen molar-refractivity contribution >= 4 is 15.7 Å². The summed E-state index contributed by atoms with van der Waals surface area (Å²) in [7, 11) is -2.83. The van der Waals surface area contributed by atoms with Crippen LogP contribution in [0.1, 0.15) is 25.6 Å². The van der Waals surface area contributed by atoms with Crippen molar-refractivity contribution < 1.29 is 8.42 Å². The van der Waals surface area contributed by atoms with Gasteiger partial charge in [-0.3, -0.25) is 0 Å². The van der Waals surface area contributed by atoms with Crippen LogP contribution in [0.3, 0.4) is 0 Å².